The summed E-state index contributed by atoms with van der Waals surface area (Å²) >= 11 is 8.94. The zero-order chi connectivity index (χ0) is 18.5. The minimum Gasteiger partial charge on any atom is -0.497 e. The zero-order valence-electron chi connectivity index (χ0n) is 15.6. The van der Waals surface area contributed by atoms with Crippen LogP contribution in [0.25, 0.3) is 0 Å². The fraction of sp³-hybridized carbons (Fsp3) is 0.556. The Hall–Kier alpha value is -1.09. The number of rotatable bonds is 7. The van der Waals surface area contributed by atoms with Gasteiger partial charge in [0.1, 0.15) is 5.75 Å². The smallest absolute Gasteiger partial charge is 0.181 e. The number of hydrogen-bond donors (Lipinski definition) is 0. The number of ether oxygens (including phenoxy) is 1. The Morgan fingerprint density at radius 3 is 2.50 bits per heavy atom. The van der Waals surface area contributed by atoms with Crippen LogP contribution in [0.2, 0.25) is 0 Å². The minimum atomic E-state index is 0.664. The van der Waals surface area contributed by atoms with Crippen molar-refractivity contribution in [1.29, 1.82) is 0 Å². The van der Waals surface area contributed by atoms with E-state index in [0.717, 1.165) is 52.6 Å². The number of piperazine rings is 1. The van der Waals surface area contributed by atoms with Crippen molar-refractivity contribution in [3.8, 4) is 5.75 Å². The molecule has 1 aliphatic rings. The maximum Gasteiger partial charge on any atom is 0.181 e. The molecule has 0 N–H and O–H groups in total. The van der Waals surface area contributed by atoms with Gasteiger partial charge in [0.05, 0.1) is 13.8 Å². The molecule has 1 aromatic carbocycles. The number of nitrogens with zero attached hydrogens (tertiary/aromatic N) is 4. The van der Waals surface area contributed by atoms with Crippen LogP contribution >= 0.6 is 35.3 Å². The summed E-state index contributed by atoms with van der Waals surface area (Å²) in [5.74, 6) is 2.65. The molecular formula is C18H26N4OS3. The van der Waals surface area contributed by atoms with Crippen molar-refractivity contribution in [3.05, 3.63) is 28.2 Å². The van der Waals surface area contributed by atoms with E-state index in [1.54, 1.807) is 18.4 Å². The quantitative estimate of drug-likeness (QED) is 0.502. The molecule has 3 rings (SSSR count). The van der Waals surface area contributed by atoms with Crippen LogP contribution in [0.5, 0.6) is 5.75 Å². The highest BCUT2D eigenvalue weighted by atomic mass is 32.2. The molecule has 2 aromatic rings. The summed E-state index contributed by atoms with van der Waals surface area (Å²) in [6.07, 6.45) is 0. The van der Waals surface area contributed by atoms with E-state index in [1.807, 2.05) is 28.6 Å². The Labute approximate surface area is 169 Å². The standard InChI is InChI=1S/C18H26N4OS3/c1-14(2)12-25-17-19-22(18(24)26-17)13-20-8-10-21(11-9-20)15-4-6-16(23-3)7-5-15/h4-7,14H,8-13H2,1-3H3. The van der Waals surface area contributed by atoms with Crippen LogP contribution in [0.15, 0.2) is 28.6 Å². The largest absolute Gasteiger partial charge is 0.497 e. The number of hydrogen-bond acceptors (Lipinski definition) is 7. The molecule has 0 bridgehead atoms. The van der Waals surface area contributed by atoms with Gasteiger partial charge in [0.2, 0.25) is 0 Å². The molecule has 0 atom stereocenters. The van der Waals surface area contributed by atoms with Crippen LogP contribution in [-0.2, 0) is 6.67 Å². The molecule has 1 fully saturated rings. The van der Waals surface area contributed by atoms with Crippen molar-refractivity contribution >= 4 is 41.0 Å². The molecule has 1 aromatic heterocycles. The van der Waals surface area contributed by atoms with Gasteiger partial charge in [0.15, 0.2) is 8.29 Å². The lowest BCUT2D eigenvalue weighted by Crippen LogP contribution is -2.46. The normalized spacial score (nSPS) is 15.6. The minimum absolute atomic E-state index is 0.664. The lowest BCUT2D eigenvalue weighted by atomic mass is 10.2. The highest BCUT2D eigenvalue weighted by Gasteiger charge is 2.18. The number of anilines is 1. The Bertz CT molecular complexity index is 749. The summed E-state index contributed by atoms with van der Waals surface area (Å²) in [6, 6.07) is 8.30. The monoisotopic (exact) mass is 410 g/mol. The van der Waals surface area contributed by atoms with Crippen molar-refractivity contribution in [3.63, 3.8) is 0 Å². The Kier molecular flexibility index (Phi) is 6.97. The van der Waals surface area contributed by atoms with Gasteiger partial charge >= 0.3 is 0 Å². The Morgan fingerprint density at radius 1 is 1.19 bits per heavy atom. The molecule has 2 heterocycles. The fourth-order valence-electron chi connectivity index (χ4n) is 2.80. The number of methoxy groups -OCH3 is 1. The van der Waals surface area contributed by atoms with Gasteiger partial charge in [-0.3, -0.25) is 4.90 Å². The number of aromatic nitrogens is 2. The second-order valence-corrected chi connectivity index (χ2v) is 9.67. The lowest BCUT2D eigenvalue weighted by Gasteiger charge is -2.35. The van der Waals surface area contributed by atoms with Crippen molar-refractivity contribution < 1.29 is 4.74 Å². The molecule has 8 heteroatoms. The maximum atomic E-state index is 5.50. The molecule has 26 heavy (non-hydrogen) atoms. The first-order valence-electron chi connectivity index (χ1n) is 8.87. The van der Waals surface area contributed by atoms with Gasteiger partial charge in [-0.1, -0.05) is 36.9 Å². The molecule has 5 nitrogen and oxygen atoms in total. The fourth-order valence-corrected chi connectivity index (χ4v) is 5.10. The van der Waals surface area contributed by atoms with Crippen LogP contribution in [-0.4, -0.2) is 53.7 Å². The van der Waals surface area contributed by atoms with Gasteiger partial charge in [-0.15, -0.1) is 0 Å². The van der Waals surface area contributed by atoms with Crippen molar-refractivity contribution in [2.45, 2.75) is 24.9 Å². The first-order valence-corrected chi connectivity index (χ1v) is 11.1. The Morgan fingerprint density at radius 2 is 1.88 bits per heavy atom. The van der Waals surface area contributed by atoms with E-state index in [-0.39, 0.29) is 0 Å². The lowest BCUT2D eigenvalue weighted by molar-refractivity contribution is 0.194. The van der Waals surface area contributed by atoms with Gasteiger partial charge in [-0.05, 0) is 42.4 Å². The van der Waals surface area contributed by atoms with E-state index in [4.69, 9.17) is 22.1 Å². The van der Waals surface area contributed by atoms with E-state index >= 15 is 0 Å². The highest BCUT2D eigenvalue weighted by Crippen LogP contribution is 2.25. The van der Waals surface area contributed by atoms with Crippen LogP contribution in [0.3, 0.4) is 0 Å². The van der Waals surface area contributed by atoms with E-state index in [9.17, 15) is 0 Å². The molecule has 0 saturated carbocycles. The van der Waals surface area contributed by atoms with Gasteiger partial charge in [0, 0.05) is 37.6 Å². The van der Waals surface area contributed by atoms with E-state index in [2.05, 4.69) is 35.8 Å². The summed E-state index contributed by atoms with van der Waals surface area (Å²) in [7, 11) is 1.70. The van der Waals surface area contributed by atoms with Crippen LogP contribution < -0.4 is 9.64 Å². The predicted molar refractivity (Wildman–Crippen MR) is 113 cm³/mol. The number of benzene rings is 1. The van der Waals surface area contributed by atoms with Crippen LogP contribution in [0.1, 0.15) is 13.8 Å². The molecule has 142 valence electrons. The molecular weight excluding hydrogens is 384 g/mol. The second kappa shape index (κ2) is 9.21. The molecule has 1 saturated heterocycles. The second-order valence-electron chi connectivity index (χ2n) is 6.78. The maximum absolute atomic E-state index is 5.50. The average Bonchev–Trinajstić information content (AvgIpc) is 3.00. The van der Waals surface area contributed by atoms with Crippen molar-refractivity contribution in [1.82, 2.24) is 14.7 Å². The predicted octanol–water partition coefficient (Wildman–Crippen LogP) is 4.21. The molecule has 0 spiro atoms. The topological polar surface area (TPSA) is 33.5 Å². The van der Waals surface area contributed by atoms with Crippen molar-refractivity contribution in [2.24, 2.45) is 5.92 Å². The van der Waals surface area contributed by atoms with E-state index < -0.39 is 0 Å². The first-order chi connectivity index (χ1) is 12.5. The summed E-state index contributed by atoms with van der Waals surface area (Å²) < 4.78 is 9.17. The van der Waals surface area contributed by atoms with E-state index in [1.165, 1.54) is 5.69 Å². The SMILES string of the molecule is COc1ccc(N2CCN(Cn3nc(SCC(C)C)sc3=S)CC2)cc1. The van der Waals surface area contributed by atoms with E-state index in [0.29, 0.717) is 5.92 Å². The van der Waals surface area contributed by atoms with Gasteiger partial charge in [0.25, 0.3) is 0 Å². The van der Waals surface area contributed by atoms with Gasteiger partial charge in [-0.2, -0.15) is 5.10 Å². The van der Waals surface area contributed by atoms with Crippen LogP contribution in [0.4, 0.5) is 5.69 Å². The third-order valence-electron chi connectivity index (χ3n) is 4.27. The molecule has 0 amide bonds. The molecule has 1 aliphatic heterocycles. The molecule has 0 radical (unpaired) electrons. The first kappa shape index (κ1) is 19.7. The van der Waals surface area contributed by atoms with Gasteiger partial charge in [-0.25, -0.2) is 4.68 Å². The third-order valence-corrected chi connectivity index (χ3v) is 7.14. The summed E-state index contributed by atoms with van der Waals surface area (Å²) in [4.78, 5) is 4.84. The summed E-state index contributed by atoms with van der Waals surface area (Å²) in [6.45, 7) is 9.29. The summed E-state index contributed by atoms with van der Waals surface area (Å²) in [5, 5.41) is 4.70. The highest BCUT2D eigenvalue weighted by molar-refractivity contribution is 8.01. The third kappa shape index (κ3) is 5.22. The average molecular weight is 411 g/mol. The number of thioether (sulfide) groups is 1. The van der Waals surface area contributed by atoms with Crippen LogP contribution in [0, 0.1) is 9.87 Å². The molecule has 0 unspecified atom stereocenters. The zero-order valence-corrected chi connectivity index (χ0v) is 18.0. The van der Waals surface area contributed by atoms with Crippen molar-refractivity contribution in [2.75, 3.05) is 43.9 Å². The Balaban J connectivity index is 1.53. The summed E-state index contributed by atoms with van der Waals surface area (Å²) in [5.41, 5.74) is 1.25. The van der Waals surface area contributed by atoms with Gasteiger partial charge < -0.3 is 9.64 Å². The molecule has 0 aliphatic carbocycles.